The Morgan fingerprint density at radius 2 is 1.86 bits per heavy atom. The van der Waals surface area contributed by atoms with Crippen LogP contribution in [0.2, 0.25) is 0 Å². The van der Waals surface area contributed by atoms with Gasteiger partial charge in [0.15, 0.2) is 0 Å². The van der Waals surface area contributed by atoms with E-state index in [1.807, 2.05) is 37.3 Å². The molecule has 1 aromatic carbocycles. The van der Waals surface area contributed by atoms with Crippen LogP contribution in [-0.2, 0) is 16.6 Å². The van der Waals surface area contributed by atoms with Gasteiger partial charge in [0.2, 0.25) is 0 Å². The molecule has 0 saturated heterocycles. The summed E-state index contributed by atoms with van der Waals surface area (Å²) in [4.78, 5) is 18.3. The molecule has 0 spiro atoms. The average molecular weight is 472 g/mol. The van der Waals surface area contributed by atoms with Crippen molar-refractivity contribution in [3.63, 3.8) is 0 Å². The molecule has 0 bridgehead atoms. The van der Waals surface area contributed by atoms with E-state index in [1.165, 1.54) is 23.3 Å². The Labute approximate surface area is 208 Å². The van der Waals surface area contributed by atoms with Crippen molar-refractivity contribution < 1.29 is 14.6 Å². The lowest BCUT2D eigenvalue weighted by Gasteiger charge is -2.57. The Bertz CT molecular complexity index is 1190. The topological polar surface area (TPSA) is 59.4 Å². The van der Waals surface area contributed by atoms with E-state index in [9.17, 15) is 9.90 Å². The Morgan fingerprint density at radius 1 is 1.09 bits per heavy atom. The lowest BCUT2D eigenvalue weighted by molar-refractivity contribution is -0.0169. The summed E-state index contributed by atoms with van der Waals surface area (Å²) < 4.78 is 5.45. The van der Waals surface area contributed by atoms with Crippen molar-refractivity contribution in [1.29, 1.82) is 0 Å². The summed E-state index contributed by atoms with van der Waals surface area (Å²) >= 11 is 0. The predicted molar refractivity (Wildman–Crippen MR) is 137 cm³/mol. The molecule has 184 valence electrons. The molecular weight excluding hydrogens is 434 g/mol. The van der Waals surface area contributed by atoms with Crippen LogP contribution in [0.15, 0.2) is 48.0 Å². The zero-order chi connectivity index (χ0) is 24.4. The van der Waals surface area contributed by atoms with Gasteiger partial charge < -0.3 is 9.84 Å². The van der Waals surface area contributed by atoms with Gasteiger partial charge in [0.25, 0.3) is 0 Å². The van der Waals surface area contributed by atoms with Crippen LogP contribution >= 0.6 is 0 Å². The summed E-state index contributed by atoms with van der Waals surface area (Å²) in [5, 5.41) is 10.3. The van der Waals surface area contributed by atoms with E-state index in [2.05, 4.69) is 26.0 Å². The largest absolute Gasteiger partial charge is 0.462 e. The molecule has 0 aliphatic heterocycles. The Kier molecular flexibility index (Phi) is 5.45. The van der Waals surface area contributed by atoms with Crippen LogP contribution in [0.1, 0.15) is 80.9 Å². The summed E-state index contributed by atoms with van der Waals surface area (Å²) in [5.41, 5.74) is 6.51. The number of aliphatic hydroxyl groups excluding tert-OH is 1. The van der Waals surface area contributed by atoms with E-state index in [4.69, 9.17) is 9.72 Å². The second-order valence-electron chi connectivity index (χ2n) is 11.8. The van der Waals surface area contributed by atoms with Crippen LogP contribution < -0.4 is 0 Å². The van der Waals surface area contributed by atoms with E-state index < -0.39 is 0 Å². The second kappa shape index (κ2) is 8.30. The first-order valence-corrected chi connectivity index (χ1v) is 13.5. The third kappa shape index (κ3) is 3.43. The van der Waals surface area contributed by atoms with Gasteiger partial charge in [-0.3, -0.25) is 4.98 Å². The van der Waals surface area contributed by atoms with Gasteiger partial charge in [-0.05, 0) is 86.7 Å². The highest BCUT2D eigenvalue weighted by atomic mass is 16.5. The highest BCUT2D eigenvalue weighted by Gasteiger charge is 2.58. The minimum absolute atomic E-state index is 0.0309. The van der Waals surface area contributed by atoms with Crippen LogP contribution in [0.25, 0.3) is 11.3 Å². The second-order valence-corrected chi connectivity index (χ2v) is 11.8. The maximum absolute atomic E-state index is 13.0. The lowest BCUT2D eigenvalue weighted by atomic mass is 9.48. The van der Waals surface area contributed by atoms with Gasteiger partial charge in [-0.2, -0.15) is 0 Å². The lowest BCUT2D eigenvalue weighted by Crippen LogP contribution is -2.51. The molecule has 4 aliphatic carbocycles. The minimum atomic E-state index is -0.280. The highest BCUT2D eigenvalue weighted by Crippen LogP contribution is 2.64. The average Bonchev–Trinajstić information content (AvgIpc) is 3.16. The maximum Gasteiger partial charge on any atom is 0.340 e. The van der Waals surface area contributed by atoms with Crippen molar-refractivity contribution in [3.05, 3.63) is 64.9 Å². The third-order valence-electron chi connectivity index (χ3n) is 10.1. The fourth-order valence-electron chi connectivity index (χ4n) is 8.25. The summed E-state index contributed by atoms with van der Waals surface area (Å²) in [5.74, 6) is 1.54. The highest BCUT2D eigenvalue weighted by molar-refractivity contribution is 5.96. The fraction of sp³-hybridized carbons (Fsp3) is 0.548. The molecule has 4 aliphatic rings. The molecule has 1 aromatic heterocycles. The Balaban J connectivity index is 1.42. The van der Waals surface area contributed by atoms with Gasteiger partial charge in [-0.25, -0.2) is 4.79 Å². The number of ether oxygens (including phenoxy) is 1. The van der Waals surface area contributed by atoms with Crippen molar-refractivity contribution in [3.8, 4) is 11.3 Å². The number of fused-ring (bicyclic) bond motifs is 7. The molecule has 0 amide bonds. The number of allylic oxidation sites excluding steroid dienone is 1. The molecule has 35 heavy (non-hydrogen) atoms. The maximum atomic E-state index is 13.0. The molecule has 4 nitrogen and oxygen atoms in total. The van der Waals surface area contributed by atoms with Crippen molar-refractivity contribution in [2.45, 2.75) is 77.2 Å². The van der Waals surface area contributed by atoms with Gasteiger partial charge in [0.05, 0.1) is 29.7 Å². The first kappa shape index (κ1) is 23.0. The summed E-state index contributed by atoms with van der Waals surface area (Å²) in [6.07, 6.45) is 9.62. The molecule has 6 atom stereocenters. The number of rotatable bonds is 3. The number of nitrogens with zero attached hydrogens (tertiary/aromatic N) is 1. The van der Waals surface area contributed by atoms with E-state index in [0.29, 0.717) is 29.9 Å². The molecule has 4 heteroatoms. The van der Waals surface area contributed by atoms with Crippen LogP contribution in [0, 0.1) is 23.2 Å². The van der Waals surface area contributed by atoms with Crippen LogP contribution in [-0.4, -0.2) is 28.8 Å². The SMILES string of the molecule is CCOC(=O)c1cc2c(nc1-c1ccccc1)[C@@]1(C)CC[C@H]3[C@@H](CC=C4C[C@@H](O)CC[C@@]43C)[C@@H]1C2. The van der Waals surface area contributed by atoms with Crippen molar-refractivity contribution in [2.75, 3.05) is 6.61 Å². The van der Waals surface area contributed by atoms with Crippen molar-refractivity contribution >= 4 is 5.97 Å². The van der Waals surface area contributed by atoms with Crippen molar-refractivity contribution in [1.82, 2.24) is 4.98 Å². The standard InChI is InChI=1S/C31H37NO3/c1-4-35-29(34)24-16-20-17-26-23-11-10-21-18-22(33)12-14-30(21,2)25(23)13-15-31(26,3)28(20)32-27(24)19-8-6-5-7-9-19/h5-10,16,22-23,25-26,33H,4,11-15,17-18H2,1-3H3/t22-,23+,25-,26-,30-,31-/m0/s1. The number of esters is 1. The monoisotopic (exact) mass is 471 g/mol. The normalized spacial score (nSPS) is 35.3. The molecule has 1 N–H and O–H groups in total. The van der Waals surface area contributed by atoms with E-state index in [1.54, 1.807) is 0 Å². The van der Waals surface area contributed by atoms with E-state index in [0.717, 1.165) is 49.8 Å². The number of pyridine rings is 1. The van der Waals surface area contributed by atoms with Crippen molar-refractivity contribution in [2.24, 2.45) is 23.2 Å². The van der Waals surface area contributed by atoms with Crippen LogP contribution in [0.4, 0.5) is 0 Å². The molecule has 2 aromatic rings. The van der Waals surface area contributed by atoms with Crippen LogP contribution in [0.5, 0.6) is 0 Å². The molecule has 0 radical (unpaired) electrons. The zero-order valence-electron chi connectivity index (χ0n) is 21.2. The fourth-order valence-corrected chi connectivity index (χ4v) is 8.25. The predicted octanol–water partition coefficient (Wildman–Crippen LogP) is 6.26. The molecule has 2 saturated carbocycles. The number of benzene rings is 1. The van der Waals surface area contributed by atoms with Gasteiger partial charge in [0.1, 0.15) is 0 Å². The third-order valence-corrected chi connectivity index (χ3v) is 10.1. The quantitative estimate of drug-likeness (QED) is 0.424. The first-order valence-electron chi connectivity index (χ1n) is 13.5. The van der Waals surface area contributed by atoms with Gasteiger partial charge in [0, 0.05) is 11.0 Å². The van der Waals surface area contributed by atoms with E-state index in [-0.39, 0.29) is 22.9 Å². The Hall–Kier alpha value is -2.46. The number of aliphatic hydroxyl groups is 1. The van der Waals surface area contributed by atoms with Gasteiger partial charge in [-0.15, -0.1) is 0 Å². The smallest absolute Gasteiger partial charge is 0.340 e. The number of carbonyl (C=O) groups is 1. The number of aromatic nitrogens is 1. The van der Waals surface area contributed by atoms with Gasteiger partial charge in [-0.1, -0.05) is 55.8 Å². The molecular formula is C31H37NO3. The number of hydrogen-bond donors (Lipinski definition) is 1. The molecule has 0 unspecified atom stereocenters. The van der Waals surface area contributed by atoms with E-state index >= 15 is 0 Å². The molecule has 1 heterocycles. The Morgan fingerprint density at radius 3 is 2.63 bits per heavy atom. The molecule has 2 fully saturated rings. The van der Waals surface area contributed by atoms with Gasteiger partial charge >= 0.3 is 5.97 Å². The number of carbonyl (C=O) groups excluding carboxylic acids is 1. The first-order chi connectivity index (χ1) is 16.8. The van der Waals surface area contributed by atoms with Crippen LogP contribution in [0.3, 0.4) is 0 Å². The molecule has 6 rings (SSSR count). The summed E-state index contributed by atoms with van der Waals surface area (Å²) in [7, 11) is 0. The summed E-state index contributed by atoms with van der Waals surface area (Å²) in [6, 6.07) is 12.2. The summed E-state index contributed by atoms with van der Waals surface area (Å²) in [6.45, 7) is 7.11. The number of hydrogen-bond acceptors (Lipinski definition) is 4. The minimum Gasteiger partial charge on any atom is -0.462 e. The zero-order valence-corrected chi connectivity index (χ0v) is 21.2.